The summed E-state index contributed by atoms with van der Waals surface area (Å²) < 4.78 is 15.0. The lowest BCUT2D eigenvalue weighted by atomic mass is 9.85. The summed E-state index contributed by atoms with van der Waals surface area (Å²) in [7, 11) is 1.89. The van der Waals surface area contributed by atoms with Gasteiger partial charge in [-0.1, -0.05) is 0 Å². The van der Waals surface area contributed by atoms with Crippen LogP contribution in [0.1, 0.15) is 31.2 Å². The Morgan fingerprint density at radius 3 is 2.68 bits per heavy atom. The minimum Gasteiger partial charge on any atom is -0.480 e. The second-order valence-corrected chi connectivity index (χ2v) is 8.15. The van der Waals surface area contributed by atoms with Crippen molar-refractivity contribution in [2.75, 3.05) is 13.1 Å². The second-order valence-electron chi connectivity index (χ2n) is 8.15. The van der Waals surface area contributed by atoms with E-state index in [1.54, 1.807) is 16.8 Å². The van der Waals surface area contributed by atoms with Crippen molar-refractivity contribution in [3.05, 3.63) is 41.8 Å². The molecule has 1 heterocycles. The molecule has 2 aliphatic rings. The zero-order valence-corrected chi connectivity index (χ0v) is 16.1. The van der Waals surface area contributed by atoms with Crippen molar-refractivity contribution >= 4 is 5.97 Å². The van der Waals surface area contributed by atoms with E-state index in [-0.39, 0.29) is 12.4 Å². The van der Waals surface area contributed by atoms with Crippen LogP contribution in [0.2, 0.25) is 0 Å². The Morgan fingerprint density at radius 1 is 1.32 bits per heavy atom. The molecule has 2 aliphatic carbocycles. The van der Waals surface area contributed by atoms with Crippen LogP contribution in [0.4, 0.5) is 4.39 Å². The van der Waals surface area contributed by atoms with Crippen LogP contribution in [0.15, 0.2) is 30.5 Å². The summed E-state index contributed by atoms with van der Waals surface area (Å²) in [6.45, 7) is 1.76. The van der Waals surface area contributed by atoms with Crippen LogP contribution in [-0.2, 0) is 18.4 Å². The predicted molar refractivity (Wildman–Crippen MR) is 104 cm³/mol. The Morgan fingerprint density at radius 2 is 2.04 bits per heavy atom. The van der Waals surface area contributed by atoms with Crippen molar-refractivity contribution in [1.29, 1.82) is 0 Å². The highest BCUT2D eigenvalue weighted by atomic mass is 19.1. The van der Waals surface area contributed by atoms with Gasteiger partial charge in [0.05, 0.1) is 12.2 Å². The molecule has 0 bridgehead atoms. The number of nitrogens with one attached hydrogen (secondary N) is 1. The van der Waals surface area contributed by atoms with E-state index < -0.39 is 5.97 Å². The maximum Gasteiger partial charge on any atom is 0.317 e. The average Bonchev–Trinajstić information content (AvgIpc) is 3.34. The van der Waals surface area contributed by atoms with E-state index in [1.807, 2.05) is 13.2 Å². The number of aryl methyl sites for hydroxylation is 1. The van der Waals surface area contributed by atoms with Gasteiger partial charge in [0.2, 0.25) is 0 Å². The van der Waals surface area contributed by atoms with Crippen molar-refractivity contribution in [3.8, 4) is 11.3 Å². The first-order valence-electron chi connectivity index (χ1n) is 9.95. The van der Waals surface area contributed by atoms with E-state index in [9.17, 15) is 14.3 Å². The monoisotopic (exact) mass is 386 g/mol. The van der Waals surface area contributed by atoms with Gasteiger partial charge in [-0.2, -0.15) is 5.10 Å². The summed E-state index contributed by atoms with van der Waals surface area (Å²) in [6, 6.07) is 7.16. The zero-order valence-electron chi connectivity index (χ0n) is 16.1. The van der Waals surface area contributed by atoms with Gasteiger partial charge in [-0.3, -0.25) is 14.4 Å². The summed E-state index contributed by atoms with van der Waals surface area (Å²) in [6.07, 6.45) is 6.42. The van der Waals surface area contributed by atoms with Crippen molar-refractivity contribution in [3.63, 3.8) is 0 Å². The van der Waals surface area contributed by atoms with E-state index in [0.717, 1.165) is 36.2 Å². The first kappa shape index (κ1) is 19.1. The van der Waals surface area contributed by atoms with Gasteiger partial charge in [-0.05, 0) is 55.9 Å². The molecule has 0 aliphatic heterocycles. The Labute approximate surface area is 164 Å². The number of benzene rings is 1. The zero-order chi connectivity index (χ0) is 19.7. The molecule has 2 saturated carbocycles. The summed E-state index contributed by atoms with van der Waals surface area (Å²) in [5.74, 6) is -0.298. The molecule has 0 unspecified atom stereocenters. The SMILES string of the molecule is Cn1cc(CNC2CC(N(CC(=O)O)CC3CC3)C2)c(-c2ccc(F)cc2)n1. The molecule has 0 saturated heterocycles. The highest BCUT2D eigenvalue weighted by Crippen LogP contribution is 2.34. The standard InChI is InChI=1S/C21H27FN4O2/c1-25-12-16(21(24-25)15-4-6-17(22)7-5-15)10-23-18-8-19(9-18)26(13-20(27)28)11-14-2-3-14/h4-7,12,14,18-19,23H,2-3,8-11,13H2,1H3,(H,27,28). The fourth-order valence-corrected chi connectivity index (χ4v) is 3.97. The molecule has 28 heavy (non-hydrogen) atoms. The lowest BCUT2D eigenvalue weighted by molar-refractivity contribution is -0.139. The van der Waals surface area contributed by atoms with Crippen LogP contribution in [0.25, 0.3) is 11.3 Å². The predicted octanol–water partition coefficient (Wildman–Crippen LogP) is 2.64. The molecule has 0 amide bonds. The van der Waals surface area contributed by atoms with Crippen molar-refractivity contribution in [2.45, 2.75) is 44.3 Å². The normalized spacial score (nSPS) is 21.7. The van der Waals surface area contributed by atoms with Gasteiger partial charge in [0.1, 0.15) is 5.82 Å². The topological polar surface area (TPSA) is 70.4 Å². The smallest absolute Gasteiger partial charge is 0.317 e. The molecule has 1 aromatic heterocycles. The number of rotatable bonds is 9. The maximum absolute atomic E-state index is 13.2. The van der Waals surface area contributed by atoms with E-state index in [2.05, 4.69) is 15.3 Å². The fourth-order valence-electron chi connectivity index (χ4n) is 3.97. The highest BCUT2D eigenvalue weighted by molar-refractivity contribution is 5.69. The van der Waals surface area contributed by atoms with Crippen LogP contribution in [0.5, 0.6) is 0 Å². The van der Waals surface area contributed by atoms with Crippen LogP contribution < -0.4 is 5.32 Å². The summed E-state index contributed by atoms with van der Waals surface area (Å²) >= 11 is 0. The van der Waals surface area contributed by atoms with E-state index in [4.69, 9.17) is 0 Å². The van der Waals surface area contributed by atoms with E-state index >= 15 is 0 Å². The van der Waals surface area contributed by atoms with Gasteiger partial charge in [0, 0.05) is 49.5 Å². The van der Waals surface area contributed by atoms with E-state index in [0.29, 0.717) is 24.5 Å². The second kappa shape index (κ2) is 8.01. The highest BCUT2D eigenvalue weighted by Gasteiger charge is 2.36. The molecule has 150 valence electrons. The third kappa shape index (κ3) is 4.59. The van der Waals surface area contributed by atoms with Crippen LogP contribution in [0.3, 0.4) is 0 Å². The minimum atomic E-state index is -0.739. The van der Waals surface area contributed by atoms with Crippen molar-refractivity contribution in [1.82, 2.24) is 20.0 Å². The number of hydrogen-bond donors (Lipinski definition) is 2. The fraction of sp³-hybridized carbons (Fsp3) is 0.524. The lowest BCUT2D eigenvalue weighted by Crippen LogP contribution is -2.54. The van der Waals surface area contributed by atoms with Gasteiger partial charge >= 0.3 is 5.97 Å². The van der Waals surface area contributed by atoms with Crippen LogP contribution >= 0.6 is 0 Å². The first-order valence-corrected chi connectivity index (χ1v) is 9.95. The maximum atomic E-state index is 13.2. The number of halogens is 1. The van der Waals surface area contributed by atoms with E-state index in [1.165, 1.54) is 25.0 Å². The number of nitrogens with zero attached hydrogens (tertiary/aromatic N) is 3. The van der Waals surface area contributed by atoms with Crippen LogP contribution in [0, 0.1) is 11.7 Å². The molecule has 0 radical (unpaired) electrons. The minimum absolute atomic E-state index is 0.144. The Hall–Kier alpha value is -2.25. The molecule has 2 fully saturated rings. The van der Waals surface area contributed by atoms with Gasteiger partial charge in [0.15, 0.2) is 0 Å². The van der Waals surface area contributed by atoms with Gasteiger partial charge in [0.25, 0.3) is 0 Å². The first-order chi connectivity index (χ1) is 13.5. The Balaban J connectivity index is 1.32. The molecule has 0 atom stereocenters. The molecular weight excluding hydrogens is 359 g/mol. The molecule has 4 rings (SSSR count). The van der Waals surface area contributed by atoms with Crippen LogP contribution in [-0.4, -0.2) is 50.9 Å². The molecule has 2 aromatic rings. The number of carboxylic acid groups (broad SMARTS) is 1. The average molecular weight is 386 g/mol. The van der Waals surface area contributed by atoms with Gasteiger partial charge < -0.3 is 10.4 Å². The number of hydrogen-bond acceptors (Lipinski definition) is 4. The number of aliphatic carboxylic acids is 1. The molecular formula is C21H27FN4O2. The molecule has 7 heteroatoms. The number of aromatic nitrogens is 2. The molecule has 0 spiro atoms. The van der Waals surface area contributed by atoms with Gasteiger partial charge in [-0.25, -0.2) is 4.39 Å². The summed E-state index contributed by atoms with van der Waals surface area (Å²) in [4.78, 5) is 13.3. The largest absolute Gasteiger partial charge is 0.480 e. The number of carbonyl (C=O) groups is 1. The summed E-state index contributed by atoms with van der Waals surface area (Å²) in [5, 5.41) is 17.3. The Kier molecular flexibility index (Phi) is 5.46. The molecule has 6 nitrogen and oxygen atoms in total. The summed E-state index contributed by atoms with van der Waals surface area (Å²) in [5.41, 5.74) is 2.85. The lowest BCUT2D eigenvalue weighted by Gasteiger charge is -2.43. The third-order valence-electron chi connectivity index (χ3n) is 5.76. The Bertz CT molecular complexity index is 825. The van der Waals surface area contributed by atoms with Crippen molar-refractivity contribution < 1.29 is 14.3 Å². The van der Waals surface area contributed by atoms with Crippen molar-refractivity contribution in [2.24, 2.45) is 13.0 Å². The quantitative estimate of drug-likeness (QED) is 0.693. The molecule has 1 aromatic carbocycles. The molecule has 2 N–H and O–H groups in total. The van der Waals surface area contributed by atoms with Gasteiger partial charge in [-0.15, -0.1) is 0 Å². The number of carboxylic acids is 1. The third-order valence-corrected chi connectivity index (χ3v) is 5.76.